The average molecular weight is 294 g/mol. The molecular formula is C17H30N2O2. The number of ether oxygens (including phenoxy) is 2. The Bertz CT molecular complexity index is 427. The highest BCUT2D eigenvalue weighted by Gasteiger charge is 2.64. The third kappa shape index (κ3) is 2.31. The lowest BCUT2D eigenvalue weighted by Crippen LogP contribution is -2.35. The molecule has 2 saturated carbocycles. The molecule has 0 aromatic rings. The van der Waals surface area contributed by atoms with Gasteiger partial charge in [0, 0.05) is 31.1 Å². The maximum atomic E-state index is 5.61. The minimum Gasteiger partial charge on any atom is -0.350 e. The minimum absolute atomic E-state index is 0.0145. The summed E-state index contributed by atoms with van der Waals surface area (Å²) in [5, 5.41) is 6.90. The van der Waals surface area contributed by atoms with Crippen molar-refractivity contribution >= 4 is 5.71 Å². The predicted molar refractivity (Wildman–Crippen MR) is 84.2 cm³/mol. The number of rotatable bonds is 4. The van der Waals surface area contributed by atoms with Crippen LogP contribution in [0.1, 0.15) is 46.5 Å². The standard InChI is InChI=1S/C17H30N2O2/c1-16(2)13-8-9-17(16,3)15(18-19(4)5)12(13)6-7-14-20-10-11-21-14/h12-14H,6-11H2,1-5H3/b18-15-/t12?,13-,17+/m1/s1. The van der Waals surface area contributed by atoms with Crippen LogP contribution in [0, 0.1) is 22.7 Å². The first-order chi connectivity index (χ1) is 9.86. The van der Waals surface area contributed by atoms with Gasteiger partial charge in [-0.2, -0.15) is 5.10 Å². The van der Waals surface area contributed by atoms with Crippen molar-refractivity contribution in [3.8, 4) is 0 Å². The molecule has 2 bridgehead atoms. The molecule has 0 radical (unpaired) electrons. The first-order valence-electron chi connectivity index (χ1n) is 8.36. The summed E-state index contributed by atoms with van der Waals surface area (Å²) in [6.45, 7) is 8.82. The molecule has 1 unspecified atom stereocenters. The van der Waals surface area contributed by atoms with Gasteiger partial charge < -0.3 is 14.5 Å². The van der Waals surface area contributed by atoms with Gasteiger partial charge in [-0.3, -0.25) is 0 Å². The number of fused-ring (bicyclic) bond motifs is 2. The summed E-state index contributed by atoms with van der Waals surface area (Å²) in [6.07, 6.45) is 4.78. The normalized spacial score (nSPS) is 40.3. The predicted octanol–water partition coefficient (Wildman–Crippen LogP) is 3.13. The fraction of sp³-hybridized carbons (Fsp3) is 0.941. The van der Waals surface area contributed by atoms with Crippen molar-refractivity contribution in [3.05, 3.63) is 0 Å². The van der Waals surface area contributed by atoms with Crippen LogP contribution in [0.5, 0.6) is 0 Å². The monoisotopic (exact) mass is 294 g/mol. The number of hydrogen-bond donors (Lipinski definition) is 0. The minimum atomic E-state index is 0.0145. The van der Waals surface area contributed by atoms with E-state index in [1.165, 1.54) is 18.6 Å². The topological polar surface area (TPSA) is 34.1 Å². The Morgan fingerprint density at radius 1 is 1.14 bits per heavy atom. The number of hydrogen-bond acceptors (Lipinski definition) is 4. The van der Waals surface area contributed by atoms with E-state index in [0.717, 1.165) is 32.0 Å². The molecule has 4 nitrogen and oxygen atoms in total. The Kier molecular flexibility index (Phi) is 3.81. The molecule has 120 valence electrons. The van der Waals surface area contributed by atoms with Gasteiger partial charge in [-0.25, -0.2) is 0 Å². The molecule has 0 spiro atoms. The van der Waals surface area contributed by atoms with Crippen LogP contribution in [-0.4, -0.2) is 44.3 Å². The van der Waals surface area contributed by atoms with Crippen LogP contribution in [0.3, 0.4) is 0 Å². The van der Waals surface area contributed by atoms with Crippen LogP contribution in [-0.2, 0) is 9.47 Å². The molecule has 0 N–H and O–H groups in total. The van der Waals surface area contributed by atoms with Crippen molar-refractivity contribution in [1.82, 2.24) is 5.01 Å². The maximum absolute atomic E-state index is 5.61. The van der Waals surface area contributed by atoms with Gasteiger partial charge in [-0.05, 0) is 37.0 Å². The molecule has 2 aliphatic carbocycles. The van der Waals surface area contributed by atoms with Gasteiger partial charge in [-0.15, -0.1) is 0 Å². The van der Waals surface area contributed by atoms with Crippen molar-refractivity contribution < 1.29 is 9.47 Å². The molecule has 4 heteroatoms. The van der Waals surface area contributed by atoms with Crippen molar-refractivity contribution in [2.75, 3.05) is 27.3 Å². The summed E-state index contributed by atoms with van der Waals surface area (Å²) in [6, 6.07) is 0. The fourth-order valence-corrected chi connectivity index (χ4v) is 4.93. The number of hydrazone groups is 1. The average Bonchev–Trinajstić information content (AvgIpc) is 3.02. The van der Waals surface area contributed by atoms with Gasteiger partial charge in [0.25, 0.3) is 0 Å². The molecule has 3 rings (SSSR count). The van der Waals surface area contributed by atoms with E-state index in [1.807, 2.05) is 19.1 Å². The van der Waals surface area contributed by atoms with Crippen molar-refractivity contribution in [2.24, 2.45) is 27.8 Å². The van der Waals surface area contributed by atoms with E-state index in [1.54, 1.807) is 0 Å². The molecule has 3 aliphatic rings. The quantitative estimate of drug-likeness (QED) is 0.747. The molecule has 0 amide bonds. The zero-order valence-electron chi connectivity index (χ0n) is 14.2. The maximum Gasteiger partial charge on any atom is 0.157 e. The van der Waals surface area contributed by atoms with E-state index in [0.29, 0.717) is 11.3 Å². The van der Waals surface area contributed by atoms with Gasteiger partial charge in [0.05, 0.1) is 13.2 Å². The van der Waals surface area contributed by atoms with Crippen molar-refractivity contribution in [2.45, 2.75) is 52.7 Å². The molecule has 21 heavy (non-hydrogen) atoms. The smallest absolute Gasteiger partial charge is 0.157 e. The third-order valence-electron chi connectivity index (χ3n) is 6.42. The highest BCUT2D eigenvalue weighted by atomic mass is 16.7. The lowest BCUT2D eigenvalue weighted by atomic mass is 9.70. The first kappa shape index (κ1) is 15.3. The second kappa shape index (κ2) is 5.24. The Hall–Kier alpha value is -0.610. The molecule has 1 saturated heterocycles. The highest BCUT2D eigenvalue weighted by molar-refractivity contribution is 5.96. The Morgan fingerprint density at radius 2 is 1.81 bits per heavy atom. The molecule has 1 aliphatic heterocycles. The Balaban J connectivity index is 1.80. The molecule has 1 heterocycles. The Labute approximate surface area is 128 Å². The van der Waals surface area contributed by atoms with Crippen molar-refractivity contribution in [3.63, 3.8) is 0 Å². The number of nitrogens with zero attached hydrogens (tertiary/aromatic N) is 2. The van der Waals surface area contributed by atoms with E-state index in [9.17, 15) is 0 Å². The van der Waals surface area contributed by atoms with Crippen LogP contribution >= 0.6 is 0 Å². The lowest BCUT2D eigenvalue weighted by Gasteiger charge is -2.35. The summed E-state index contributed by atoms with van der Waals surface area (Å²) in [4.78, 5) is 0. The summed E-state index contributed by atoms with van der Waals surface area (Å²) in [5.74, 6) is 1.34. The molecule has 0 aromatic carbocycles. The van der Waals surface area contributed by atoms with E-state index in [2.05, 4.69) is 20.8 Å². The van der Waals surface area contributed by atoms with Crippen LogP contribution in [0.15, 0.2) is 5.10 Å². The zero-order valence-corrected chi connectivity index (χ0v) is 14.2. The molecule has 3 atom stereocenters. The largest absolute Gasteiger partial charge is 0.350 e. The van der Waals surface area contributed by atoms with Gasteiger partial charge in [0.15, 0.2) is 6.29 Å². The first-order valence-corrected chi connectivity index (χ1v) is 8.36. The van der Waals surface area contributed by atoms with E-state index in [-0.39, 0.29) is 11.7 Å². The summed E-state index contributed by atoms with van der Waals surface area (Å²) < 4.78 is 11.2. The van der Waals surface area contributed by atoms with Gasteiger partial charge in [0.1, 0.15) is 0 Å². The molecule has 3 fully saturated rings. The van der Waals surface area contributed by atoms with E-state index >= 15 is 0 Å². The zero-order chi connectivity index (χ0) is 15.3. The van der Waals surface area contributed by atoms with Crippen LogP contribution in [0.25, 0.3) is 0 Å². The summed E-state index contributed by atoms with van der Waals surface area (Å²) >= 11 is 0. The fourth-order valence-electron chi connectivity index (χ4n) is 4.93. The third-order valence-corrected chi connectivity index (χ3v) is 6.42. The van der Waals surface area contributed by atoms with E-state index < -0.39 is 0 Å². The van der Waals surface area contributed by atoms with Crippen LogP contribution in [0.4, 0.5) is 0 Å². The summed E-state index contributed by atoms with van der Waals surface area (Å²) in [7, 11) is 4.07. The van der Waals surface area contributed by atoms with Gasteiger partial charge in [-0.1, -0.05) is 20.8 Å². The SMILES string of the molecule is CN(C)/N=C1/C(CCC2OCCO2)[C@H]2CC[C@]1(C)C2(C)C. The van der Waals surface area contributed by atoms with E-state index in [4.69, 9.17) is 14.6 Å². The molecule has 0 aromatic heterocycles. The van der Waals surface area contributed by atoms with Gasteiger partial charge >= 0.3 is 0 Å². The Morgan fingerprint density at radius 3 is 2.43 bits per heavy atom. The second-order valence-corrected chi connectivity index (χ2v) is 7.89. The van der Waals surface area contributed by atoms with Crippen LogP contribution < -0.4 is 0 Å². The van der Waals surface area contributed by atoms with Crippen LogP contribution in [0.2, 0.25) is 0 Å². The second-order valence-electron chi connectivity index (χ2n) is 7.89. The molecular weight excluding hydrogens is 264 g/mol. The highest BCUT2D eigenvalue weighted by Crippen LogP contribution is 2.67. The lowest BCUT2D eigenvalue weighted by molar-refractivity contribution is -0.0502. The van der Waals surface area contributed by atoms with Gasteiger partial charge in [0.2, 0.25) is 0 Å². The summed E-state index contributed by atoms with van der Waals surface area (Å²) in [5.41, 5.74) is 2.03. The van der Waals surface area contributed by atoms with Crippen molar-refractivity contribution in [1.29, 1.82) is 0 Å².